The second kappa shape index (κ2) is 7.65. The van der Waals surface area contributed by atoms with Gasteiger partial charge in [0.25, 0.3) is 0 Å². The quantitative estimate of drug-likeness (QED) is 0.866. The van der Waals surface area contributed by atoms with Gasteiger partial charge in [0, 0.05) is 18.4 Å². The summed E-state index contributed by atoms with van der Waals surface area (Å²) in [7, 11) is 1.72. The van der Waals surface area contributed by atoms with Crippen molar-refractivity contribution in [3.05, 3.63) is 65.2 Å². The highest BCUT2D eigenvalue weighted by Gasteiger charge is 2.24. The molecule has 1 aliphatic rings. The molecule has 122 valence electrons. The molecule has 2 aromatic rings. The van der Waals surface area contributed by atoms with E-state index in [1.165, 1.54) is 31.2 Å². The Hall–Kier alpha value is -1.80. The number of aryl methyl sites for hydroxylation is 2. The molecule has 2 heteroatoms. The molecule has 0 saturated heterocycles. The maximum absolute atomic E-state index is 5.22. The smallest absolute Gasteiger partial charge is 0.118 e. The number of benzene rings is 2. The van der Waals surface area contributed by atoms with Crippen molar-refractivity contribution in [2.75, 3.05) is 7.11 Å². The van der Waals surface area contributed by atoms with Gasteiger partial charge in [0.1, 0.15) is 11.8 Å². The second-order valence-electron chi connectivity index (χ2n) is 6.75. The van der Waals surface area contributed by atoms with Crippen LogP contribution in [0.3, 0.4) is 0 Å². The van der Waals surface area contributed by atoms with Crippen molar-refractivity contribution in [3.8, 4) is 5.75 Å². The van der Waals surface area contributed by atoms with Crippen LogP contribution in [-0.2, 0) is 12.8 Å². The molecule has 0 heterocycles. The van der Waals surface area contributed by atoms with E-state index in [2.05, 4.69) is 60.8 Å². The first-order valence-corrected chi connectivity index (χ1v) is 8.82. The zero-order valence-corrected chi connectivity index (χ0v) is 14.3. The third-order valence-corrected chi connectivity index (χ3v) is 5.02. The van der Waals surface area contributed by atoms with Crippen LogP contribution in [0.25, 0.3) is 0 Å². The molecular formula is C21H28NO+. The molecule has 0 spiro atoms. The summed E-state index contributed by atoms with van der Waals surface area (Å²) in [5.74, 6) is 0.937. The Kier molecular flexibility index (Phi) is 5.35. The Bertz CT molecular complexity index is 620. The minimum absolute atomic E-state index is 0.644. The van der Waals surface area contributed by atoms with Gasteiger partial charge in [-0.05, 0) is 49.4 Å². The Morgan fingerprint density at radius 2 is 1.91 bits per heavy atom. The molecule has 0 saturated carbocycles. The number of methoxy groups -OCH3 is 1. The fraction of sp³-hybridized carbons (Fsp3) is 0.429. The first-order valence-electron chi connectivity index (χ1n) is 8.82. The Balaban J connectivity index is 1.54. The summed E-state index contributed by atoms with van der Waals surface area (Å²) < 4.78 is 5.22. The van der Waals surface area contributed by atoms with Gasteiger partial charge in [-0.25, -0.2) is 0 Å². The van der Waals surface area contributed by atoms with Crippen molar-refractivity contribution in [1.82, 2.24) is 0 Å². The average molecular weight is 310 g/mol. The topological polar surface area (TPSA) is 25.8 Å². The molecule has 2 nitrogen and oxygen atoms in total. The van der Waals surface area contributed by atoms with Gasteiger partial charge < -0.3 is 10.1 Å². The van der Waals surface area contributed by atoms with E-state index in [1.54, 1.807) is 18.2 Å². The van der Waals surface area contributed by atoms with Crippen LogP contribution >= 0.6 is 0 Å². The molecule has 0 amide bonds. The molecule has 0 aliphatic heterocycles. The number of rotatable bonds is 6. The molecule has 0 fully saturated rings. The van der Waals surface area contributed by atoms with Crippen LogP contribution in [-0.4, -0.2) is 13.2 Å². The molecule has 2 aromatic carbocycles. The van der Waals surface area contributed by atoms with Crippen LogP contribution in [0.5, 0.6) is 5.75 Å². The van der Waals surface area contributed by atoms with E-state index in [0.29, 0.717) is 12.1 Å². The van der Waals surface area contributed by atoms with Crippen LogP contribution in [0.2, 0.25) is 0 Å². The molecule has 0 aromatic heterocycles. The molecule has 23 heavy (non-hydrogen) atoms. The SMILES string of the molecule is COc1ccc(CC[C@H](C)[NH2+][C@@H]2CCCc3ccccc32)cc1. The van der Waals surface area contributed by atoms with E-state index in [-0.39, 0.29) is 0 Å². The van der Waals surface area contributed by atoms with Crippen molar-refractivity contribution in [3.63, 3.8) is 0 Å². The third-order valence-electron chi connectivity index (χ3n) is 5.02. The van der Waals surface area contributed by atoms with Crippen molar-refractivity contribution in [1.29, 1.82) is 0 Å². The molecule has 0 radical (unpaired) electrons. The fourth-order valence-electron chi connectivity index (χ4n) is 3.67. The standard InChI is InChI=1S/C21H27NO/c1-16(10-11-17-12-14-19(23-2)15-13-17)22-21-9-5-7-18-6-3-4-8-20(18)21/h3-4,6,8,12-16,21-22H,5,7,9-11H2,1-2H3/p+1/t16-,21+/m0/s1. The van der Waals surface area contributed by atoms with E-state index in [0.717, 1.165) is 12.2 Å². The third kappa shape index (κ3) is 4.14. The van der Waals surface area contributed by atoms with Gasteiger partial charge >= 0.3 is 0 Å². The average Bonchev–Trinajstić information content (AvgIpc) is 2.61. The van der Waals surface area contributed by atoms with E-state index in [4.69, 9.17) is 4.74 Å². The summed E-state index contributed by atoms with van der Waals surface area (Å²) in [6.45, 7) is 2.36. The van der Waals surface area contributed by atoms with Gasteiger partial charge in [-0.15, -0.1) is 0 Å². The van der Waals surface area contributed by atoms with Crippen LogP contribution in [0.4, 0.5) is 0 Å². The summed E-state index contributed by atoms with van der Waals surface area (Å²) in [6, 6.07) is 18.8. The van der Waals surface area contributed by atoms with Gasteiger partial charge in [-0.1, -0.05) is 36.4 Å². The number of fused-ring (bicyclic) bond motifs is 1. The lowest BCUT2D eigenvalue weighted by Crippen LogP contribution is -2.90. The van der Waals surface area contributed by atoms with E-state index >= 15 is 0 Å². The summed E-state index contributed by atoms with van der Waals surface area (Å²) in [5.41, 5.74) is 4.52. The van der Waals surface area contributed by atoms with Gasteiger partial charge in [0.2, 0.25) is 0 Å². The van der Waals surface area contributed by atoms with E-state index in [1.807, 2.05) is 0 Å². The summed E-state index contributed by atoms with van der Waals surface area (Å²) >= 11 is 0. The summed E-state index contributed by atoms with van der Waals surface area (Å²) in [4.78, 5) is 0. The van der Waals surface area contributed by atoms with Crippen molar-refractivity contribution in [2.45, 2.75) is 51.1 Å². The predicted molar refractivity (Wildman–Crippen MR) is 94.8 cm³/mol. The summed E-state index contributed by atoms with van der Waals surface area (Å²) in [6.07, 6.45) is 6.23. The minimum atomic E-state index is 0.644. The van der Waals surface area contributed by atoms with Crippen LogP contribution < -0.4 is 10.1 Å². The molecule has 0 bridgehead atoms. The number of quaternary nitrogens is 1. The Morgan fingerprint density at radius 1 is 1.13 bits per heavy atom. The molecule has 1 aliphatic carbocycles. The first-order chi connectivity index (χ1) is 11.3. The molecular weight excluding hydrogens is 282 g/mol. The number of ether oxygens (including phenoxy) is 1. The van der Waals surface area contributed by atoms with E-state index in [9.17, 15) is 0 Å². The van der Waals surface area contributed by atoms with Crippen LogP contribution in [0.1, 0.15) is 48.9 Å². The molecule has 0 unspecified atom stereocenters. The van der Waals surface area contributed by atoms with Gasteiger partial charge in [0.15, 0.2) is 0 Å². The zero-order valence-electron chi connectivity index (χ0n) is 14.3. The largest absolute Gasteiger partial charge is 0.497 e. The lowest BCUT2D eigenvalue weighted by Gasteiger charge is -2.26. The maximum Gasteiger partial charge on any atom is 0.118 e. The first kappa shape index (κ1) is 16.1. The lowest BCUT2D eigenvalue weighted by atomic mass is 9.87. The second-order valence-corrected chi connectivity index (χ2v) is 6.75. The van der Waals surface area contributed by atoms with Crippen molar-refractivity contribution >= 4 is 0 Å². The highest BCUT2D eigenvalue weighted by Crippen LogP contribution is 2.26. The molecule has 2 atom stereocenters. The number of nitrogens with two attached hydrogens (primary N) is 1. The molecule has 3 rings (SSSR count). The Morgan fingerprint density at radius 3 is 2.70 bits per heavy atom. The predicted octanol–water partition coefficient (Wildman–Crippen LogP) is 3.66. The highest BCUT2D eigenvalue weighted by molar-refractivity contribution is 5.30. The number of hydrogen-bond acceptors (Lipinski definition) is 1. The lowest BCUT2D eigenvalue weighted by molar-refractivity contribution is -0.726. The van der Waals surface area contributed by atoms with E-state index < -0.39 is 0 Å². The maximum atomic E-state index is 5.22. The fourth-order valence-corrected chi connectivity index (χ4v) is 3.67. The zero-order chi connectivity index (χ0) is 16.1. The summed E-state index contributed by atoms with van der Waals surface area (Å²) in [5, 5.41) is 2.58. The van der Waals surface area contributed by atoms with Gasteiger partial charge in [-0.3, -0.25) is 0 Å². The van der Waals surface area contributed by atoms with Crippen molar-refractivity contribution in [2.24, 2.45) is 0 Å². The monoisotopic (exact) mass is 310 g/mol. The van der Waals surface area contributed by atoms with Crippen molar-refractivity contribution < 1.29 is 10.1 Å². The van der Waals surface area contributed by atoms with Gasteiger partial charge in [0.05, 0.1) is 13.2 Å². The minimum Gasteiger partial charge on any atom is -0.497 e. The van der Waals surface area contributed by atoms with Gasteiger partial charge in [-0.2, -0.15) is 0 Å². The number of hydrogen-bond donors (Lipinski definition) is 1. The van der Waals surface area contributed by atoms with Crippen LogP contribution in [0, 0.1) is 0 Å². The highest BCUT2D eigenvalue weighted by atomic mass is 16.5. The Labute approximate surface area is 139 Å². The normalized spacial score (nSPS) is 18.3. The molecule has 2 N–H and O–H groups in total. The van der Waals surface area contributed by atoms with Crippen LogP contribution in [0.15, 0.2) is 48.5 Å².